The second-order valence-corrected chi connectivity index (χ2v) is 10.6. The van der Waals surface area contributed by atoms with Crippen molar-refractivity contribution in [1.29, 1.82) is 0 Å². The lowest BCUT2D eigenvalue weighted by atomic mass is 10.1. The first-order valence-corrected chi connectivity index (χ1v) is 13.1. The minimum Gasteiger partial charge on any atom is -0.497 e. The summed E-state index contributed by atoms with van der Waals surface area (Å²) < 4.78 is 41.6. The summed E-state index contributed by atoms with van der Waals surface area (Å²) in [5.74, 6) is -0.00241. The second kappa shape index (κ2) is 10.6. The maximum absolute atomic E-state index is 13.1. The van der Waals surface area contributed by atoms with E-state index in [2.05, 4.69) is 20.0 Å². The monoisotopic (exact) mass is 515 g/mol. The molecule has 192 valence electrons. The van der Waals surface area contributed by atoms with Crippen LogP contribution < -0.4 is 9.47 Å². The van der Waals surface area contributed by atoms with E-state index in [4.69, 9.17) is 14.0 Å². The molecule has 0 N–H and O–H groups in total. The van der Waals surface area contributed by atoms with Crippen molar-refractivity contribution in [3.8, 4) is 11.6 Å². The van der Waals surface area contributed by atoms with E-state index in [1.54, 1.807) is 44.2 Å². The van der Waals surface area contributed by atoms with Gasteiger partial charge in [-0.05, 0) is 42.7 Å². The van der Waals surface area contributed by atoms with Crippen LogP contribution in [0.1, 0.15) is 33.2 Å². The van der Waals surface area contributed by atoms with Gasteiger partial charge in [0.2, 0.25) is 5.88 Å². The Morgan fingerprint density at radius 1 is 1.06 bits per heavy atom. The summed E-state index contributed by atoms with van der Waals surface area (Å²) in [6, 6.07) is 7.11. The predicted octanol–water partition coefficient (Wildman–Crippen LogP) is 2.03. The molecule has 12 heteroatoms. The Kier molecular flexibility index (Phi) is 7.55. The zero-order valence-electron chi connectivity index (χ0n) is 20.7. The van der Waals surface area contributed by atoms with E-state index in [1.165, 1.54) is 7.11 Å². The summed E-state index contributed by atoms with van der Waals surface area (Å²) in [6.45, 7) is 6.44. The Hall–Kier alpha value is -3.51. The first-order chi connectivity index (χ1) is 17.2. The highest BCUT2D eigenvalue weighted by Gasteiger charge is 2.29. The number of methoxy groups -OCH3 is 2. The van der Waals surface area contributed by atoms with E-state index in [1.807, 2.05) is 12.1 Å². The molecule has 2 aromatic heterocycles. The van der Waals surface area contributed by atoms with Gasteiger partial charge in [-0.15, -0.1) is 0 Å². The first-order valence-electron chi connectivity index (χ1n) is 11.4. The molecular formula is C24H29N5O6S. The quantitative estimate of drug-likeness (QED) is 0.439. The molecule has 0 unspecified atom stereocenters. The molecular weight excluding hydrogens is 486 g/mol. The number of pyridine rings is 1. The standard InChI is InChI=1S/C24H29N5O6S/c1-16-11-19(33-3)12-17(2)22(16)36(31,32)15-20-26-23(35-27-20)24(30)29-9-7-28(8-10-29)14-18-5-6-21(34-4)25-13-18/h5-6,11-13H,7-10,14-15H2,1-4H3. The Balaban J connectivity index is 1.36. The summed E-state index contributed by atoms with van der Waals surface area (Å²) in [7, 11) is -0.662. The topological polar surface area (TPSA) is 128 Å². The minimum absolute atomic E-state index is 0.0568. The molecule has 0 atom stereocenters. The number of aromatic nitrogens is 3. The third-order valence-corrected chi connectivity index (χ3v) is 7.93. The molecule has 3 heterocycles. The number of aryl methyl sites for hydroxylation is 2. The Morgan fingerprint density at radius 2 is 1.75 bits per heavy atom. The zero-order valence-corrected chi connectivity index (χ0v) is 21.5. The highest BCUT2D eigenvalue weighted by Crippen LogP contribution is 2.28. The number of hydrogen-bond donors (Lipinski definition) is 0. The predicted molar refractivity (Wildman–Crippen MR) is 130 cm³/mol. The van der Waals surface area contributed by atoms with E-state index in [0.717, 1.165) is 5.56 Å². The van der Waals surface area contributed by atoms with E-state index >= 15 is 0 Å². The van der Waals surface area contributed by atoms with Gasteiger partial charge in [-0.2, -0.15) is 4.98 Å². The fourth-order valence-electron chi connectivity index (χ4n) is 4.29. The van der Waals surface area contributed by atoms with Crippen LogP contribution in [0.25, 0.3) is 0 Å². The van der Waals surface area contributed by atoms with Crippen molar-refractivity contribution in [3.63, 3.8) is 0 Å². The van der Waals surface area contributed by atoms with Crippen LogP contribution >= 0.6 is 0 Å². The normalized spacial score (nSPS) is 14.6. The fraction of sp³-hybridized carbons (Fsp3) is 0.417. The largest absolute Gasteiger partial charge is 0.497 e. The molecule has 0 radical (unpaired) electrons. The maximum atomic E-state index is 13.1. The zero-order chi connectivity index (χ0) is 25.9. The molecule has 3 aromatic rings. The highest BCUT2D eigenvalue weighted by molar-refractivity contribution is 7.90. The number of rotatable bonds is 8. The summed E-state index contributed by atoms with van der Waals surface area (Å²) in [5.41, 5.74) is 2.19. The number of hydrogen-bond acceptors (Lipinski definition) is 10. The van der Waals surface area contributed by atoms with E-state index in [9.17, 15) is 13.2 Å². The van der Waals surface area contributed by atoms with Gasteiger partial charge in [-0.1, -0.05) is 11.2 Å². The smallest absolute Gasteiger partial charge is 0.316 e. The van der Waals surface area contributed by atoms with Gasteiger partial charge in [0.05, 0.1) is 19.1 Å². The minimum atomic E-state index is -3.76. The van der Waals surface area contributed by atoms with Crippen molar-refractivity contribution < 1.29 is 27.2 Å². The van der Waals surface area contributed by atoms with Crippen LogP contribution in [-0.2, 0) is 22.1 Å². The molecule has 0 saturated carbocycles. The summed E-state index contributed by atoms with van der Waals surface area (Å²) in [4.78, 5) is 25.2. The van der Waals surface area contributed by atoms with Crippen LogP contribution in [0.2, 0.25) is 0 Å². The second-order valence-electron chi connectivity index (χ2n) is 8.64. The molecule has 36 heavy (non-hydrogen) atoms. The van der Waals surface area contributed by atoms with Crippen LogP contribution in [0.3, 0.4) is 0 Å². The Morgan fingerprint density at radius 3 is 2.33 bits per heavy atom. The van der Waals surface area contributed by atoms with Crippen LogP contribution in [0.4, 0.5) is 0 Å². The lowest BCUT2D eigenvalue weighted by Gasteiger charge is -2.33. The van der Waals surface area contributed by atoms with Gasteiger partial charge in [0.1, 0.15) is 11.5 Å². The molecule has 1 aromatic carbocycles. The average Bonchev–Trinajstić information content (AvgIpc) is 3.31. The van der Waals surface area contributed by atoms with Gasteiger partial charge in [0.15, 0.2) is 15.7 Å². The number of nitrogens with zero attached hydrogens (tertiary/aromatic N) is 5. The van der Waals surface area contributed by atoms with Crippen molar-refractivity contribution in [2.45, 2.75) is 31.0 Å². The molecule has 0 spiro atoms. The Bertz CT molecular complexity index is 1310. The van der Waals surface area contributed by atoms with Crippen molar-refractivity contribution in [2.24, 2.45) is 0 Å². The molecule has 1 aliphatic heterocycles. The van der Waals surface area contributed by atoms with Crippen LogP contribution in [0, 0.1) is 13.8 Å². The van der Waals surface area contributed by atoms with Crippen molar-refractivity contribution in [2.75, 3.05) is 40.4 Å². The van der Waals surface area contributed by atoms with Crippen molar-refractivity contribution in [1.82, 2.24) is 24.9 Å². The highest BCUT2D eigenvalue weighted by atomic mass is 32.2. The number of piperazine rings is 1. The van der Waals surface area contributed by atoms with Gasteiger partial charge in [-0.3, -0.25) is 9.69 Å². The summed E-state index contributed by atoms with van der Waals surface area (Å²) >= 11 is 0. The third kappa shape index (κ3) is 5.65. The number of amides is 1. The molecule has 4 rings (SSSR count). The molecule has 1 aliphatic rings. The fourth-order valence-corrected chi connectivity index (χ4v) is 5.99. The van der Waals surface area contributed by atoms with Crippen LogP contribution in [-0.4, -0.2) is 79.6 Å². The van der Waals surface area contributed by atoms with E-state index in [-0.39, 0.29) is 16.6 Å². The number of carbonyl (C=O) groups excluding carboxylic acids is 1. The summed E-state index contributed by atoms with van der Waals surface area (Å²) in [5, 5.41) is 3.76. The SMILES string of the molecule is COc1cc(C)c(S(=O)(=O)Cc2noc(C(=O)N3CCN(Cc4ccc(OC)nc4)CC3)n2)c(C)c1. The third-order valence-electron chi connectivity index (χ3n) is 6.02. The lowest BCUT2D eigenvalue weighted by Crippen LogP contribution is -2.48. The van der Waals surface area contributed by atoms with Gasteiger partial charge >= 0.3 is 11.8 Å². The average molecular weight is 516 g/mol. The first kappa shape index (κ1) is 25.6. The maximum Gasteiger partial charge on any atom is 0.316 e. The lowest BCUT2D eigenvalue weighted by molar-refractivity contribution is 0.0580. The molecule has 1 fully saturated rings. The van der Waals surface area contributed by atoms with Gasteiger partial charge in [0.25, 0.3) is 0 Å². The van der Waals surface area contributed by atoms with Gasteiger partial charge in [0, 0.05) is 45.0 Å². The molecule has 0 aliphatic carbocycles. The van der Waals surface area contributed by atoms with Crippen LogP contribution in [0.5, 0.6) is 11.6 Å². The number of sulfone groups is 1. The number of ether oxygens (including phenoxy) is 2. The summed E-state index contributed by atoms with van der Waals surface area (Å²) in [6.07, 6.45) is 1.78. The number of carbonyl (C=O) groups is 1. The van der Waals surface area contributed by atoms with Crippen molar-refractivity contribution >= 4 is 15.7 Å². The van der Waals surface area contributed by atoms with E-state index < -0.39 is 21.5 Å². The van der Waals surface area contributed by atoms with Gasteiger partial charge < -0.3 is 18.9 Å². The van der Waals surface area contributed by atoms with Gasteiger partial charge in [-0.25, -0.2) is 13.4 Å². The number of benzene rings is 1. The molecule has 11 nitrogen and oxygen atoms in total. The van der Waals surface area contributed by atoms with Crippen molar-refractivity contribution in [3.05, 3.63) is 58.9 Å². The molecule has 1 saturated heterocycles. The van der Waals surface area contributed by atoms with E-state index in [0.29, 0.717) is 55.5 Å². The molecule has 0 bridgehead atoms. The molecule has 1 amide bonds. The van der Waals surface area contributed by atoms with Crippen LogP contribution in [0.15, 0.2) is 39.9 Å². The Labute approximate surface area is 209 Å².